The molecule has 5 aliphatic rings. The first kappa shape index (κ1) is 21.2. The average Bonchev–Trinajstić information content (AvgIpc) is 3.29. The number of ether oxygens (including phenoxy) is 5. The molecule has 0 radical (unpaired) electrons. The topological polar surface area (TPSA) is 80.3 Å². The molecule has 0 aromatic carbocycles. The standard InChI is InChI=1S/C24H32O7/c1-6-27-20-16(12-18(25)30-20)23(28-7-2)13-21(4)14(3)11-17-22(5)15(19(26)29-17)9-8-10-24(21,22)31-23/h9,12,14,17,20H,6-8,10-11,13H2,1-5H3. The molecule has 0 aromatic rings. The van der Waals surface area contributed by atoms with E-state index in [1.165, 1.54) is 6.08 Å². The van der Waals surface area contributed by atoms with Gasteiger partial charge in [0.1, 0.15) is 6.10 Å². The van der Waals surface area contributed by atoms with Crippen molar-refractivity contribution in [2.75, 3.05) is 13.2 Å². The lowest BCUT2D eigenvalue weighted by Gasteiger charge is -2.60. The lowest BCUT2D eigenvalue weighted by molar-refractivity contribution is -0.286. The molecule has 3 heterocycles. The predicted molar refractivity (Wildman–Crippen MR) is 110 cm³/mol. The molecule has 2 aliphatic carbocycles. The van der Waals surface area contributed by atoms with Crippen LogP contribution in [0.2, 0.25) is 0 Å². The summed E-state index contributed by atoms with van der Waals surface area (Å²) in [5, 5.41) is 0. The Labute approximate surface area is 183 Å². The number of esters is 2. The normalized spacial score (nSPS) is 48.0. The van der Waals surface area contributed by atoms with Gasteiger partial charge >= 0.3 is 11.9 Å². The fraction of sp³-hybridized carbons (Fsp3) is 0.750. The fourth-order valence-electron chi connectivity index (χ4n) is 7.20. The highest BCUT2D eigenvalue weighted by Crippen LogP contribution is 2.74. The van der Waals surface area contributed by atoms with E-state index >= 15 is 0 Å². The average molecular weight is 433 g/mol. The number of hydrogen-bond acceptors (Lipinski definition) is 7. The van der Waals surface area contributed by atoms with Crippen LogP contribution in [-0.4, -0.2) is 48.9 Å². The van der Waals surface area contributed by atoms with Crippen LogP contribution in [-0.2, 0) is 33.3 Å². The highest BCUT2D eigenvalue weighted by atomic mass is 16.7. The van der Waals surface area contributed by atoms with Gasteiger partial charge in [0.15, 0.2) is 5.79 Å². The Hall–Kier alpha value is -1.70. The Morgan fingerprint density at radius 1 is 1.16 bits per heavy atom. The Morgan fingerprint density at radius 2 is 1.94 bits per heavy atom. The Morgan fingerprint density at radius 3 is 2.65 bits per heavy atom. The molecule has 7 atom stereocenters. The van der Waals surface area contributed by atoms with Gasteiger partial charge in [0.05, 0.1) is 16.6 Å². The van der Waals surface area contributed by atoms with Crippen LogP contribution in [0.3, 0.4) is 0 Å². The molecular weight excluding hydrogens is 400 g/mol. The van der Waals surface area contributed by atoms with E-state index < -0.39 is 29.1 Å². The van der Waals surface area contributed by atoms with E-state index in [1.54, 1.807) is 0 Å². The van der Waals surface area contributed by atoms with Gasteiger partial charge in [-0.15, -0.1) is 0 Å². The number of hydrogen-bond donors (Lipinski definition) is 0. The summed E-state index contributed by atoms with van der Waals surface area (Å²) in [5.74, 6) is -1.61. The molecule has 7 heteroatoms. The van der Waals surface area contributed by atoms with Gasteiger partial charge in [0.25, 0.3) is 0 Å². The highest BCUT2D eigenvalue weighted by molar-refractivity contribution is 5.93. The number of rotatable bonds is 5. The Kier molecular flexibility index (Phi) is 4.54. The monoisotopic (exact) mass is 432 g/mol. The van der Waals surface area contributed by atoms with Crippen molar-refractivity contribution in [1.29, 1.82) is 0 Å². The fourth-order valence-corrected chi connectivity index (χ4v) is 7.20. The maximum atomic E-state index is 12.8. The molecule has 7 nitrogen and oxygen atoms in total. The first-order valence-corrected chi connectivity index (χ1v) is 11.5. The van der Waals surface area contributed by atoms with Crippen LogP contribution in [0, 0.1) is 16.7 Å². The van der Waals surface area contributed by atoms with Gasteiger partial charge in [0.2, 0.25) is 6.29 Å². The van der Waals surface area contributed by atoms with Crippen LogP contribution >= 0.6 is 0 Å². The van der Waals surface area contributed by atoms with Gasteiger partial charge in [-0.3, -0.25) is 0 Å². The molecule has 31 heavy (non-hydrogen) atoms. The molecule has 3 fully saturated rings. The summed E-state index contributed by atoms with van der Waals surface area (Å²) in [6.07, 6.45) is 5.26. The smallest absolute Gasteiger partial charge is 0.334 e. The largest absolute Gasteiger partial charge is 0.458 e. The number of carbonyl (C=O) groups is 2. The van der Waals surface area contributed by atoms with Crippen molar-refractivity contribution in [3.8, 4) is 0 Å². The van der Waals surface area contributed by atoms with Crippen LogP contribution < -0.4 is 0 Å². The summed E-state index contributed by atoms with van der Waals surface area (Å²) >= 11 is 0. The summed E-state index contributed by atoms with van der Waals surface area (Å²) in [5.41, 5.74) is -0.238. The van der Waals surface area contributed by atoms with Crippen LogP contribution in [0.25, 0.3) is 0 Å². The molecule has 0 amide bonds. The van der Waals surface area contributed by atoms with E-state index in [0.717, 1.165) is 24.8 Å². The third-order valence-electron chi connectivity index (χ3n) is 8.76. The van der Waals surface area contributed by atoms with E-state index in [-0.39, 0.29) is 23.4 Å². The first-order chi connectivity index (χ1) is 14.7. The van der Waals surface area contributed by atoms with Crippen LogP contribution in [0.4, 0.5) is 0 Å². The minimum Gasteiger partial charge on any atom is -0.458 e. The maximum absolute atomic E-state index is 12.8. The zero-order chi connectivity index (χ0) is 22.2. The Balaban J connectivity index is 1.68. The third-order valence-corrected chi connectivity index (χ3v) is 8.76. The highest BCUT2D eigenvalue weighted by Gasteiger charge is 2.79. The van der Waals surface area contributed by atoms with Gasteiger partial charge in [-0.2, -0.15) is 0 Å². The van der Waals surface area contributed by atoms with Gasteiger partial charge in [0, 0.05) is 36.7 Å². The molecule has 2 saturated heterocycles. The molecule has 7 unspecified atom stereocenters. The minimum atomic E-state index is -1.16. The molecule has 0 N–H and O–H groups in total. The van der Waals surface area contributed by atoms with E-state index in [9.17, 15) is 9.59 Å². The number of cyclic esters (lactones) is 1. The lowest BCUT2D eigenvalue weighted by Crippen LogP contribution is -2.66. The minimum absolute atomic E-state index is 0.224. The van der Waals surface area contributed by atoms with Gasteiger partial charge in [-0.25, -0.2) is 9.59 Å². The summed E-state index contributed by atoms with van der Waals surface area (Å²) in [6, 6.07) is 0. The van der Waals surface area contributed by atoms with Crippen molar-refractivity contribution in [1.82, 2.24) is 0 Å². The first-order valence-electron chi connectivity index (χ1n) is 11.5. The summed E-state index contributed by atoms with van der Waals surface area (Å²) in [4.78, 5) is 25.0. The van der Waals surface area contributed by atoms with Crippen LogP contribution in [0.1, 0.15) is 60.3 Å². The summed E-state index contributed by atoms with van der Waals surface area (Å²) in [7, 11) is 0. The van der Waals surface area contributed by atoms with E-state index in [0.29, 0.717) is 25.2 Å². The predicted octanol–water partition coefficient (Wildman–Crippen LogP) is 3.42. The van der Waals surface area contributed by atoms with Crippen molar-refractivity contribution in [2.45, 2.75) is 84.1 Å². The van der Waals surface area contributed by atoms with Crippen molar-refractivity contribution in [3.63, 3.8) is 0 Å². The maximum Gasteiger partial charge on any atom is 0.334 e. The molecule has 170 valence electrons. The van der Waals surface area contributed by atoms with E-state index in [1.807, 2.05) is 19.9 Å². The van der Waals surface area contributed by atoms with Crippen molar-refractivity contribution in [2.24, 2.45) is 16.7 Å². The second kappa shape index (κ2) is 6.65. The quantitative estimate of drug-likeness (QED) is 0.616. The molecular formula is C24H32O7. The van der Waals surface area contributed by atoms with Crippen LogP contribution in [0.15, 0.2) is 23.3 Å². The van der Waals surface area contributed by atoms with E-state index in [4.69, 9.17) is 23.7 Å². The summed E-state index contributed by atoms with van der Waals surface area (Å²) < 4.78 is 30.6. The molecule has 0 aromatic heterocycles. The van der Waals surface area contributed by atoms with Gasteiger partial charge in [-0.1, -0.05) is 19.9 Å². The zero-order valence-corrected chi connectivity index (χ0v) is 19.0. The zero-order valence-electron chi connectivity index (χ0n) is 19.0. The Bertz CT molecular complexity index is 892. The second-order valence-electron chi connectivity index (χ2n) is 9.92. The molecule has 0 bridgehead atoms. The van der Waals surface area contributed by atoms with Gasteiger partial charge in [-0.05, 0) is 46.0 Å². The van der Waals surface area contributed by atoms with Crippen molar-refractivity contribution >= 4 is 11.9 Å². The van der Waals surface area contributed by atoms with Gasteiger partial charge < -0.3 is 23.7 Å². The number of carbonyl (C=O) groups excluding carboxylic acids is 2. The summed E-state index contributed by atoms with van der Waals surface area (Å²) in [6.45, 7) is 11.2. The lowest BCUT2D eigenvalue weighted by atomic mass is 9.44. The third kappa shape index (κ3) is 2.40. The molecule has 5 rings (SSSR count). The second-order valence-corrected chi connectivity index (χ2v) is 9.92. The number of allylic oxidation sites excluding steroid dienone is 1. The van der Waals surface area contributed by atoms with E-state index in [2.05, 4.69) is 20.8 Å². The SMILES string of the molecule is CCOC1OC(=O)C=C1C1(OCC)CC2(C)C(C)CC3OC(=O)C4=CCCC2(O1)C43C. The molecule has 3 aliphatic heterocycles. The van der Waals surface area contributed by atoms with Crippen LogP contribution in [0.5, 0.6) is 0 Å². The molecule has 1 spiro atoms. The molecule has 1 saturated carbocycles. The van der Waals surface area contributed by atoms with Crippen molar-refractivity contribution in [3.05, 3.63) is 23.3 Å². The van der Waals surface area contributed by atoms with Crippen molar-refractivity contribution < 1.29 is 33.3 Å².